The lowest BCUT2D eigenvalue weighted by atomic mass is 9.40. The molecule has 1 aromatic rings. The molecule has 0 radical (unpaired) electrons. The maximum Gasteiger partial charge on any atom is 0.318 e. The molecule has 0 aromatic carbocycles. The number of carbonyl (C=O) groups excluding carboxylic acids is 2. The van der Waals surface area contributed by atoms with E-state index in [1.54, 1.807) is 19.9 Å². The van der Waals surface area contributed by atoms with Gasteiger partial charge in [0.05, 0.1) is 24.7 Å². The highest BCUT2D eigenvalue weighted by atomic mass is 16.6. The summed E-state index contributed by atoms with van der Waals surface area (Å²) in [4.78, 5) is 25.2. The molecule has 8 nitrogen and oxygen atoms in total. The lowest BCUT2D eigenvalue weighted by Crippen LogP contribution is -2.78. The van der Waals surface area contributed by atoms with E-state index in [1.165, 1.54) is 19.5 Å². The number of hydrogen-bond acceptors (Lipinski definition) is 8. The van der Waals surface area contributed by atoms with Crippen LogP contribution in [0.1, 0.15) is 64.5 Å². The predicted molar refractivity (Wildman–Crippen MR) is 101 cm³/mol. The monoisotopic (exact) mass is 420 g/mol. The summed E-state index contributed by atoms with van der Waals surface area (Å²) in [5.74, 6) is -0.983. The smallest absolute Gasteiger partial charge is 0.318 e. The lowest BCUT2D eigenvalue weighted by Gasteiger charge is -2.66. The third kappa shape index (κ3) is 2.12. The van der Waals surface area contributed by atoms with Crippen LogP contribution in [0, 0.1) is 10.8 Å². The number of rotatable bonds is 2. The minimum atomic E-state index is -1.59. The molecular formula is C22H28O8. The van der Waals surface area contributed by atoms with Gasteiger partial charge in [0, 0.05) is 24.3 Å². The van der Waals surface area contributed by atoms with Gasteiger partial charge in [-0.05, 0) is 38.7 Å². The van der Waals surface area contributed by atoms with Crippen LogP contribution in [0.2, 0.25) is 0 Å². The lowest BCUT2D eigenvalue weighted by molar-refractivity contribution is -0.311. The zero-order valence-corrected chi connectivity index (χ0v) is 17.5. The first kappa shape index (κ1) is 20.0. The van der Waals surface area contributed by atoms with Crippen molar-refractivity contribution in [2.75, 3.05) is 6.61 Å². The molecule has 2 aliphatic heterocycles. The average Bonchev–Trinajstić information content (AvgIpc) is 3.10. The summed E-state index contributed by atoms with van der Waals surface area (Å²) in [6.07, 6.45) is 3.33. The number of hydrogen-bond donors (Lipinski definition) is 2. The van der Waals surface area contributed by atoms with E-state index in [9.17, 15) is 19.8 Å². The van der Waals surface area contributed by atoms with Gasteiger partial charge in [-0.2, -0.15) is 0 Å². The van der Waals surface area contributed by atoms with E-state index in [1.807, 2.05) is 0 Å². The second kappa shape index (κ2) is 5.87. The quantitative estimate of drug-likeness (QED) is 0.551. The van der Waals surface area contributed by atoms with Crippen molar-refractivity contribution in [3.05, 3.63) is 24.2 Å². The third-order valence-electron chi connectivity index (χ3n) is 8.74. The van der Waals surface area contributed by atoms with E-state index in [-0.39, 0.29) is 19.3 Å². The second-order valence-electron chi connectivity index (χ2n) is 9.82. The number of aliphatic hydroxyl groups is 2. The summed E-state index contributed by atoms with van der Waals surface area (Å²) in [5.41, 5.74) is -5.64. The molecule has 1 aromatic heterocycles. The van der Waals surface area contributed by atoms with Crippen LogP contribution in [0.3, 0.4) is 0 Å². The Morgan fingerprint density at radius 2 is 1.97 bits per heavy atom. The van der Waals surface area contributed by atoms with Crippen LogP contribution in [0.25, 0.3) is 0 Å². The van der Waals surface area contributed by atoms with Gasteiger partial charge in [0.25, 0.3) is 0 Å². The van der Waals surface area contributed by atoms with Gasteiger partial charge < -0.3 is 28.8 Å². The summed E-state index contributed by atoms with van der Waals surface area (Å²) in [6.45, 7) is 5.06. The fourth-order valence-corrected chi connectivity index (χ4v) is 6.70. The molecule has 0 unspecified atom stereocenters. The normalized spacial score (nSPS) is 49.7. The summed E-state index contributed by atoms with van der Waals surface area (Å²) in [7, 11) is 0. The van der Waals surface area contributed by atoms with E-state index in [0.717, 1.165) is 5.56 Å². The molecule has 30 heavy (non-hydrogen) atoms. The van der Waals surface area contributed by atoms with Crippen molar-refractivity contribution in [1.29, 1.82) is 0 Å². The van der Waals surface area contributed by atoms with E-state index < -0.39 is 51.8 Å². The minimum absolute atomic E-state index is 0.190. The standard InChI is InChI=1S/C22H28O8/c1-13(23)29-16-4-6-22(26)18(2,19(16,3)25)7-8-20(12-28-20)21(22)10-15(30-17(21)24)14-5-9-27-11-14/h5,9,11,15-16,25-26H,4,6-8,10,12H2,1-3H3/t15-,16-,18-,19+,20+,21-,22-/m1/s1. The van der Waals surface area contributed by atoms with Gasteiger partial charge in [0.15, 0.2) is 0 Å². The Labute approximate surface area is 174 Å². The van der Waals surface area contributed by atoms with Gasteiger partial charge in [-0.15, -0.1) is 0 Å². The fraction of sp³-hybridized carbons (Fsp3) is 0.727. The predicted octanol–water partition coefficient (Wildman–Crippen LogP) is 2.03. The van der Waals surface area contributed by atoms with Crippen molar-refractivity contribution in [3.63, 3.8) is 0 Å². The molecule has 2 spiro atoms. The van der Waals surface area contributed by atoms with Crippen LogP contribution in [0.5, 0.6) is 0 Å². The third-order valence-corrected chi connectivity index (χ3v) is 8.74. The molecule has 8 heteroatoms. The molecule has 0 bridgehead atoms. The van der Waals surface area contributed by atoms with Gasteiger partial charge >= 0.3 is 11.9 Å². The van der Waals surface area contributed by atoms with Crippen molar-refractivity contribution in [3.8, 4) is 0 Å². The molecule has 164 valence electrons. The van der Waals surface area contributed by atoms with Gasteiger partial charge in [0.1, 0.15) is 28.8 Å². The van der Waals surface area contributed by atoms with Crippen LogP contribution in [-0.2, 0) is 23.8 Å². The maximum atomic E-state index is 13.5. The molecule has 0 amide bonds. The molecule has 2 aliphatic carbocycles. The van der Waals surface area contributed by atoms with Gasteiger partial charge in [-0.25, -0.2) is 0 Å². The Balaban J connectivity index is 1.62. The number of esters is 2. The van der Waals surface area contributed by atoms with Crippen molar-refractivity contribution in [2.24, 2.45) is 10.8 Å². The Morgan fingerprint density at radius 3 is 2.57 bits per heavy atom. The Hall–Kier alpha value is -1.90. The van der Waals surface area contributed by atoms with Gasteiger partial charge in [0.2, 0.25) is 0 Å². The fourth-order valence-electron chi connectivity index (χ4n) is 6.70. The number of carbonyl (C=O) groups is 2. The molecule has 4 fully saturated rings. The van der Waals surface area contributed by atoms with E-state index in [2.05, 4.69) is 0 Å². The first-order valence-corrected chi connectivity index (χ1v) is 10.5. The summed E-state index contributed by atoms with van der Waals surface area (Å²) in [6, 6.07) is 1.75. The van der Waals surface area contributed by atoms with E-state index in [4.69, 9.17) is 18.6 Å². The van der Waals surface area contributed by atoms with Crippen molar-refractivity contribution < 1.29 is 38.4 Å². The second-order valence-corrected chi connectivity index (χ2v) is 9.82. The first-order valence-electron chi connectivity index (χ1n) is 10.5. The summed E-state index contributed by atoms with van der Waals surface area (Å²) < 4.78 is 22.3. The zero-order chi connectivity index (χ0) is 21.6. The van der Waals surface area contributed by atoms with Crippen LogP contribution in [0.15, 0.2) is 23.0 Å². The van der Waals surface area contributed by atoms with E-state index >= 15 is 0 Å². The number of fused-ring (bicyclic) bond motifs is 3. The van der Waals surface area contributed by atoms with Crippen LogP contribution < -0.4 is 0 Å². The number of cyclic esters (lactones) is 1. The van der Waals surface area contributed by atoms with Crippen molar-refractivity contribution in [2.45, 2.75) is 81.9 Å². The maximum absolute atomic E-state index is 13.5. The highest BCUT2D eigenvalue weighted by Crippen LogP contribution is 2.74. The number of furan rings is 1. The summed E-state index contributed by atoms with van der Waals surface area (Å²) >= 11 is 0. The molecule has 7 atom stereocenters. The molecule has 3 heterocycles. The molecule has 5 rings (SSSR count). The largest absolute Gasteiger partial charge is 0.472 e. The molecular weight excluding hydrogens is 392 g/mol. The van der Waals surface area contributed by atoms with Crippen LogP contribution in [-0.4, -0.2) is 51.7 Å². The Bertz CT molecular complexity index is 887. The van der Waals surface area contributed by atoms with Gasteiger partial charge in [-0.3, -0.25) is 9.59 Å². The average molecular weight is 420 g/mol. The van der Waals surface area contributed by atoms with Gasteiger partial charge in [-0.1, -0.05) is 6.92 Å². The molecule has 4 aliphatic rings. The highest BCUT2D eigenvalue weighted by Gasteiger charge is 2.85. The first-order chi connectivity index (χ1) is 14.0. The summed E-state index contributed by atoms with van der Waals surface area (Å²) in [5, 5.41) is 24.0. The Morgan fingerprint density at radius 1 is 1.23 bits per heavy atom. The van der Waals surface area contributed by atoms with Crippen LogP contribution in [0.4, 0.5) is 0 Å². The Kier molecular flexibility index (Phi) is 3.92. The molecule has 2 saturated heterocycles. The minimum Gasteiger partial charge on any atom is -0.472 e. The number of epoxide rings is 1. The van der Waals surface area contributed by atoms with Crippen LogP contribution >= 0.6 is 0 Å². The topological polar surface area (TPSA) is 119 Å². The molecule has 2 saturated carbocycles. The SMILES string of the molecule is CC(=O)O[C@@H]1CC[C@@]2(O)[C@](C)(CC[C@]3(CO3)[C@]23C[C@H](c2ccoc2)OC3=O)[C@@]1(C)O. The molecule has 2 N–H and O–H groups in total. The van der Waals surface area contributed by atoms with Crippen molar-refractivity contribution >= 4 is 11.9 Å². The zero-order valence-electron chi connectivity index (χ0n) is 17.5. The van der Waals surface area contributed by atoms with Crippen molar-refractivity contribution in [1.82, 2.24) is 0 Å². The highest BCUT2D eigenvalue weighted by molar-refractivity contribution is 5.84. The van der Waals surface area contributed by atoms with E-state index in [0.29, 0.717) is 19.4 Å². The number of ether oxygens (including phenoxy) is 3.